The van der Waals surface area contributed by atoms with E-state index in [-0.39, 0.29) is 6.10 Å². The van der Waals surface area contributed by atoms with Crippen molar-refractivity contribution in [2.24, 2.45) is 0 Å². The van der Waals surface area contributed by atoms with Crippen molar-refractivity contribution in [1.82, 2.24) is 0 Å². The summed E-state index contributed by atoms with van der Waals surface area (Å²) in [5.74, 6) is 0. The summed E-state index contributed by atoms with van der Waals surface area (Å²) in [6.45, 7) is 0. The fraction of sp³-hybridized carbons (Fsp3) is 0.429. The van der Waals surface area contributed by atoms with E-state index in [1.807, 2.05) is 5.38 Å². The number of aryl methyl sites for hydroxylation is 1. The van der Waals surface area contributed by atoms with Crippen LogP contribution in [0.3, 0.4) is 0 Å². The molecule has 48 valence electrons. The molecule has 0 amide bonds. The Balaban J connectivity index is 2.49. The molecule has 1 aromatic rings. The molecule has 1 aliphatic rings. The van der Waals surface area contributed by atoms with Crippen LogP contribution in [0.4, 0.5) is 0 Å². The van der Waals surface area contributed by atoms with Crippen molar-refractivity contribution in [3.8, 4) is 0 Å². The second-order valence-electron chi connectivity index (χ2n) is 2.36. The van der Waals surface area contributed by atoms with Crippen LogP contribution in [0.15, 0.2) is 11.4 Å². The number of aliphatic hydroxyl groups excluding tert-OH is 1. The van der Waals surface area contributed by atoms with Crippen molar-refractivity contribution >= 4 is 11.3 Å². The molecule has 0 spiro atoms. The van der Waals surface area contributed by atoms with Gasteiger partial charge in [0.25, 0.3) is 0 Å². The van der Waals surface area contributed by atoms with Crippen LogP contribution >= 0.6 is 11.3 Å². The molecule has 2 rings (SSSR count). The average Bonchev–Trinajstić information content (AvgIpc) is 2.35. The topological polar surface area (TPSA) is 20.2 Å². The Morgan fingerprint density at radius 2 is 2.56 bits per heavy atom. The standard InChI is InChI=1S/C7H8OS/c8-6-2-1-5-3-4-9-7(5)6/h3-4,6,8H,1-2H2. The fourth-order valence-electron chi connectivity index (χ4n) is 1.27. The first-order valence-electron chi connectivity index (χ1n) is 3.12. The molecule has 9 heavy (non-hydrogen) atoms. The van der Waals surface area contributed by atoms with Gasteiger partial charge in [0.2, 0.25) is 0 Å². The molecule has 1 unspecified atom stereocenters. The third-order valence-electron chi connectivity index (χ3n) is 1.77. The Labute approximate surface area is 58.0 Å². The molecule has 0 aliphatic heterocycles. The zero-order valence-electron chi connectivity index (χ0n) is 5.00. The summed E-state index contributed by atoms with van der Waals surface area (Å²) in [7, 11) is 0. The Morgan fingerprint density at radius 1 is 1.67 bits per heavy atom. The van der Waals surface area contributed by atoms with Gasteiger partial charge in [0.15, 0.2) is 0 Å². The highest BCUT2D eigenvalue weighted by Gasteiger charge is 2.20. The quantitative estimate of drug-likeness (QED) is 0.582. The Bertz CT molecular complexity index is 216. The van der Waals surface area contributed by atoms with E-state index in [0.29, 0.717) is 0 Å². The first kappa shape index (κ1) is 5.45. The monoisotopic (exact) mass is 140 g/mol. The van der Waals surface area contributed by atoms with Crippen molar-refractivity contribution in [2.45, 2.75) is 18.9 Å². The molecular weight excluding hydrogens is 132 g/mol. The van der Waals surface area contributed by atoms with Crippen molar-refractivity contribution in [3.05, 3.63) is 21.9 Å². The van der Waals surface area contributed by atoms with Crippen LogP contribution in [0.2, 0.25) is 0 Å². The highest BCUT2D eigenvalue weighted by Crippen LogP contribution is 2.34. The van der Waals surface area contributed by atoms with Gasteiger partial charge in [-0.1, -0.05) is 0 Å². The lowest BCUT2D eigenvalue weighted by molar-refractivity contribution is 0.183. The number of hydrogen-bond acceptors (Lipinski definition) is 2. The first-order valence-corrected chi connectivity index (χ1v) is 4.00. The van der Waals surface area contributed by atoms with Crippen LogP contribution in [-0.2, 0) is 6.42 Å². The molecule has 0 fully saturated rings. The molecule has 0 radical (unpaired) electrons. The lowest BCUT2D eigenvalue weighted by atomic mass is 10.3. The normalized spacial score (nSPS) is 24.3. The third kappa shape index (κ3) is 0.705. The second kappa shape index (κ2) is 1.82. The molecule has 0 saturated carbocycles. The zero-order valence-corrected chi connectivity index (χ0v) is 5.82. The van der Waals surface area contributed by atoms with Gasteiger partial charge in [-0.05, 0) is 29.9 Å². The molecule has 1 atom stereocenters. The number of thiophene rings is 1. The highest BCUT2D eigenvalue weighted by atomic mass is 32.1. The van der Waals surface area contributed by atoms with Crippen molar-refractivity contribution in [2.75, 3.05) is 0 Å². The van der Waals surface area contributed by atoms with Gasteiger partial charge in [-0.15, -0.1) is 11.3 Å². The highest BCUT2D eigenvalue weighted by molar-refractivity contribution is 7.10. The lowest BCUT2D eigenvalue weighted by Gasteiger charge is -1.95. The summed E-state index contributed by atoms with van der Waals surface area (Å²) in [5, 5.41) is 11.3. The van der Waals surface area contributed by atoms with Gasteiger partial charge < -0.3 is 5.11 Å². The van der Waals surface area contributed by atoms with Gasteiger partial charge in [-0.3, -0.25) is 0 Å². The lowest BCUT2D eigenvalue weighted by Crippen LogP contribution is -1.84. The minimum Gasteiger partial charge on any atom is -0.388 e. The summed E-state index contributed by atoms with van der Waals surface area (Å²) in [6, 6.07) is 2.11. The van der Waals surface area contributed by atoms with Crippen molar-refractivity contribution < 1.29 is 5.11 Å². The predicted molar refractivity (Wildman–Crippen MR) is 37.6 cm³/mol. The van der Waals surface area contributed by atoms with Crippen LogP contribution in [0.5, 0.6) is 0 Å². The molecule has 1 nitrogen and oxygen atoms in total. The Kier molecular flexibility index (Phi) is 1.10. The number of rotatable bonds is 0. The molecule has 0 bridgehead atoms. The van der Waals surface area contributed by atoms with E-state index in [2.05, 4.69) is 6.07 Å². The Morgan fingerprint density at radius 3 is 3.33 bits per heavy atom. The molecule has 1 heterocycles. The molecule has 0 aromatic carbocycles. The number of aliphatic hydroxyl groups is 1. The van der Waals surface area contributed by atoms with Crippen LogP contribution < -0.4 is 0 Å². The van der Waals surface area contributed by atoms with E-state index in [9.17, 15) is 5.11 Å². The van der Waals surface area contributed by atoms with Crippen LogP contribution in [0.25, 0.3) is 0 Å². The average molecular weight is 140 g/mol. The van der Waals surface area contributed by atoms with Crippen molar-refractivity contribution in [1.29, 1.82) is 0 Å². The first-order chi connectivity index (χ1) is 4.38. The van der Waals surface area contributed by atoms with E-state index in [1.54, 1.807) is 11.3 Å². The SMILES string of the molecule is OC1CCc2ccsc21. The molecule has 1 aliphatic carbocycles. The summed E-state index contributed by atoms with van der Waals surface area (Å²) < 4.78 is 0. The maximum absolute atomic E-state index is 9.28. The van der Waals surface area contributed by atoms with E-state index in [0.717, 1.165) is 12.8 Å². The molecular formula is C7H8OS. The predicted octanol–water partition coefficient (Wildman–Crippen LogP) is 1.73. The van der Waals surface area contributed by atoms with E-state index < -0.39 is 0 Å². The molecule has 1 aromatic heterocycles. The van der Waals surface area contributed by atoms with Crippen molar-refractivity contribution in [3.63, 3.8) is 0 Å². The number of fused-ring (bicyclic) bond motifs is 1. The van der Waals surface area contributed by atoms with Crippen LogP contribution in [0, 0.1) is 0 Å². The maximum atomic E-state index is 9.28. The maximum Gasteiger partial charge on any atom is 0.0887 e. The summed E-state index contributed by atoms with van der Waals surface area (Å²) in [4.78, 5) is 1.19. The van der Waals surface area contributed by atoms with Gasteiger partial charge in [-0.25, -0.2) is 0 Å². The third-order valence-corrected chi connectivity index (χ3v) is 2.83. The van der Waals surface area contributed by atoms with Gasteiger partial charge >= 0.3 is 0 Å². The van der Waals surface area contributed by atoms with Gasteiger partial charge in [0.05, 0.1) is 6.10 Å². The van der Waals surface area contributed by atoms with Crippen LogP contribution in [-0.4, -0.2) is 5.11 Å². The summed E-state index contributed by atoms with van der Waals surface area (Å²) in [6.07, 6.45) is 1.85. The van der Waals surface area contributed by atoms with Gasteiger partial charge in [0, 0.05) is 4.88 Å². The summed E-state index contributed by atoms with van der Waals surface area (Å²) in [5.41, 5.74) is 1.35. The summed E-state index contributed by atoms with van der Waals surface area (Å²) >= 11 is 1.67. The fourth-order valence-corrected chi connectivity index (χ4v) is 2.25. The van der Waals surface area contributed by atoms with Gasteiger partial charge in [-0.2, -0.15) is 0 Å². The van der Waals surface area contributed by atoms with E-state index in [1.165, 1.54) is 10.4 Å². The van der Waals surface area contributed by atoms with Gasteiger partial charge in [0.1, 0.15) is 0 Å². The van der Waals surface area contributed by atoms with E-state index in [4.69, 9.17) is 0 Å². The number of hydrogen-bond donors (Lipinski definition) is 1. The minimum absolute atomic E-state index is 0.153. The minimum atomic E-state index is -0.153. The largest absolute Gasteiger partial charge is 0.388 e. The second-order valence-corrected chi connectivity index (χ2v) is 3.31. The van der Waals surface area contributed by atoms with Crippen LogP contribution in [0.1, 0.15) is 23.0 Å². The molecule has 1 N–H and O–H groups in total. The Hall–Kier alpha value is -0.340. The molecule has 0 saturated heterocycles. The molecule has 2 heteroatoms. The van der Waals surface area contributed by atoms with E-state index >= 15 is 0 Å². The zero-order chi connectivity index (χ0) is 6.27. The smallest absolute Gasteiger partial charge is 0.0887 e.